The standard InChI is InChI=1S/C29H43N5O7Si2/c1-17(2)42(18(3)4)37-14-22-25(40-43(41-42,19(5)6)20(7)8)24(35)28(39-22)34-16-32-23-26(30-15-31-27(23)34)33-29(36)38-21-12-10-9-11-13-21/h9-13,15-20,22,24-25,28,35H,14H2,1-8H3,(H,30,31,33,36)/t22-,24-,25-,28-/m1/s1. The number of ether oxygens (including phenoxy) is 2. The molecule has 2 aromatic heterocycles. The molecule has 4 heterocycles. The molecule has 234 valence electrons. The summed E-state index contributed by atoms with van der Waals surface area (Å²) in [4.78, 5) is 25.6. The topological polar surface area (TPSA) is 139 Å². The van der Waals surface area contributed by atoms with Gasteiger partial charge in [0.25, 0.3) is 0 Å². The van der Waals surface area contributed by atoms with Crippen molar-refractivity contribution in [1.82, 2.24) is 19.5 Å². The summed E-state index contributed by atoms with van der Waals surface area (Å²) in [5.74, 6) is 0.565. The van der Waals surface area contributed by atoms with E-state index in [-0.39, 0.29) is 34.6 Å². The summed E-state index contributed by atoms with van der Waals surface area (Å²) in [6, 6.07) is 8.72. The van der Waals surface area contributed by atoms with Crippen molar-refractivity contribution in [3.63, 3.8) is 0 Å². The molecule has 14 heteroatoms. The molecule has 2 N–H and O–H groups in total. The Balaban J connectivity index is 1.46. The molecule has 5 rings (SSSR count). The van der Waals surface area contributed by atoms with Gasteiger partial charge in [0.15, 0.2) is 23.2 Å². The number of nitrogens with one attached hydrogen (secondary N) is 1. The Bertz CT molecular complexity index is 1400. The van der Waals surface area contributed by atoms with Gasteiger partial charge in [-0.05, 0) is 34.3 Å². The Morgan fingerprint density at radius 3 is 2.26 bits per heavy atom. The van der Waals surface area contributed by atoms with Crippen molar-refractivity contribution < 1.29 is 32.3 Å². The number of nitrogens with zero attached hydrogens (tertiary/aromatic N) is 4. The van der Waals surface area contributed by atoms with Gasteiger partial charge in [-0.1, -0.05) is 73.6 Å². The zero-order valence-electron chi connectivity index (χ0n) is 26.1. The monoisotopic (exact) mass is 629 g/mol. The van der Waals surface area contributed by atoms with Crippen LogP contribution in [0, 0.1) is 0 Å². The first kappa shape index (κ1) is 31.7. The third-order valence-electron chi connectivity index (χ3n) is 8.45. The second kappa shape index (κ2) is 12.3. The van der Waals surface area contributed by atoms with E-state index >= 15 is 0 Å². The molecule has 0 saturated carbocycles. The molecule has 0 spiro atoms. The summed E-state index contributed by atoms with van der Waals surface area (Å²) >= 11 is 0. The fraction of sp³-hybridized carbons (Fsp3) is 0.586. The van der Waals surface area contributed by atoms with Crippen molar-refractivity contribution in [1.29, 1.82) is 0 Å². The number of aliphatic hydroxyl groups is 1. The lowest BCUT2D eigenvalue weighted by Crippen LogP contribution is -2.65. The second-order valence-corrected chi connectivity index (χ2v) is 21.3. The number of rotatable bonds is 7. The largest absolute Gasteiger partial charge is 0.418 e. The summed E-state index contributed by atoms with van der Waals surface area (Å²) in [6.07, 6.45) is -0.998. The van der Waals surface area contributed by atoms with Gasteiger partial charge in [-0.15, -0.1) is 0 Å². The zero-order chi connectivity index (χ0) is 31.1. The van der Waals surface area contributed by atoms with E-state index in [4.69, 9.17) is 22.4 Å². The molecule has 0 aliphatic carbocycles. The summed E-state index contributed by atoms with van der Waals surface area (Å²) in [6.45, 7) is 17.4. The summed E-state index contributed by atoms with van der Waals surface area (Å²) in [5.41, 5.74) is 1.30. The Morgan fingerprint density at radius 1 is 0.977 bits per heavy atom. The number of imidazole rings is 1. The van der Waals surface area contributed by atoms with Crippen LogP contribution < -0.4 is 10.1 Å². The van der Waals surface area contributed by atoms with E-state index in [0.29, 0.717) is 16.9 Å². The van der Waals surface area contributed by atoms with E-state index in [1.165, 1.54) is 12.7 Å². The Morgan fingerprint density at radius 2 is 1.63 bits per heavy atom. The number of aliphatic hydroxyl groups excluding tert-OH is 1. The Labute approximate surface area is 254 Å². The minimum absolute atomic E-state index is 0.108. The normalized spacial score (nSPS) is 25.2. The molecule has 43 heavy (non-hydrogen) atoms. The van der Waals surface area contributed by atoms with E-state index in [9.17, 15) is 9.90 Å². The number of benzene rings is 1. The second-order valence-electron chi connectivity index (χ2n) is 12.5. The number of carbonyl (C=O) groups is 1. The first-order valence-corrected chi connectivity index (χ1v) is 18.9. The van der Waals surface area contributed by atoms with Crippen molar-refractivity contribution in [2.45, 2.75) is 102 Å². The van der Waals surface area contributed by atoms with Crippen LogP contribution in [0.15, 0.2) is 43.0 Å². The average Bonchev–Trinajstić information content (AvgIpc) is 3.49. The van der Waals surface area contributed by atoms with Gasteiger partial charge in [0.2, 0.25) is 0 Å². The quantitative estimate of drug-likeness (QED) is 0.315. The maximum absolute atomic E-state index is 12.6. The van der Waals surface area contributed by atoms with Gasteiger partial charge in [0.05, 0.1) is 12.9 Å². The molecular formula is C29H43N5O7Si2. The predicted octanol–water partition coefficient (Wildman–Crippen LogP) is 5.65. The van der Waals surface area contributed by atoms with E-state index in [2.05, 4.69) is 75.7 Å². The fourth-order valence-electron chi connectivity index (χ4n) is 6.21. The van der Waals surface area contributed by atoms with Gasteiger partial charge >= 0.3 is 23.2 Å². The predicted molar refractivity (Wildman–Crippen MR) is 165 cm³/mol. The van der Waals surface area contributed by atoms with Gasteiger partial charge < -0.3 is 27.5 Å². The van der Waals surface area contributed by atoms with Gasteiger partial charge in [-0.2, -0.15) is 0 Å². The van der Waals surface area contributed by atoms with Gasteiger partial charge in [0.1, 0.15) is 30.4 Å². The molecule has 0 radical (unpaired) electrons. The minimum atomic E-state index is -2.95. The van der Waals surface area contributed by atoms with Gasteiger partial charge in [0, 0.05) is 0 Å². The number of amides is 1. The zero-order valence-corrected chi connectivity index (χ0v) is 28.1. The first-order chi connectivity index (χ1) is 20.4. The molecule has 0 unspecified atom stereocenters. The molecule has 1 aromatic carbocycles. The first-order valence-electron chi connectivity index (χ1n) is 15.0. The van der Waals surface area contributed by atoms with Crippen LogP contribution in [0.5, 0.6) is 5.75 Å². The third kappa shape index (κ3) is 5.77. The van der Waals surface area contributed by atoms with Crippen molar-refractivity contribution in [2.24, 2.45) is 0 Å². The summed E-state index contributed by atoms with van der Waals surface area (Å²) in [7, 11) is -5.71. The number of hydrogen-bond donors (Lipinski definition) is 2. The average molecular weight is 630 g/mol. The highest BCUT2D eigenvalue weighted by molar-refractivity contribution is 6.84. The minimum Gasteiger partial charge on any atom is -0.414 e. The molecule has 0 bridgehead atoms. The highest BCUT2D eigenvalue weighted by Gasteiger charge is 2.61. The van der Waals surface area contributed by atoms with Crippen LogP contribution in [0.2, 0.25) is 22.2 Å². The number of carbonyl (C=O) groups excluding carboxylic acids is 1. The summed E-state index contributed by atoms with van der Waals surface area (Å²) < 4.78 is 34.6. The molecule has 1 amide bonds. The molecular weight excluding hydrogens is 587 g/mol. The molecule has 2 aliphatic heterocycles. The molecule has 3 aromatic rings. The van der Waals surface area contributed by atoms with Gasteiger partial charge in [-0.25, -0.2) is 19.7 Å². The van der Waals surface area contributed by atoms with Crippen LogP contribution in [0.1, 0.15) is 61.6 Å². The van der Waals surface area contributed by atoms with Crippen LogP contribution in [0.4, 0.5) is 10.6 Å². The highest BCUT2D eigenvalue weighted by Crippen LogP contribution is 2.48. The van der Waals surface area contributed by atoms with Gasteiger partial charge in [-0.3, -0.25) is 9.88 Å². The molecule has 4 atom stereocenters. The number of fused-ring (bicyclic) bond motifs is 2. The molecule has 2 fully saturated rings. The van der Waals surface area contributed by atoms with Crippen LogP contribution in [-0.2, 0) is 17.7 Å². The Hall–Kier alpha value is -2.73. The van der Waals surface area contributed by atoms with Crippen molar-refractivity contribution in [3.05, 3.63) is 43.0 Å². The van der Waals surface area contributed by atoms with Crippen molar-refractivity contribution in [2.75, 3.05) is 11.9 Å². The molecule has 12 nitrogen and oxygen atoms in total. The van der Waals surface area contributed by atoms with Crippen LogP contribution in [0.25, 0.3) is 11.2 Å². The lowest BCUT2D eigenvalue weighted by atomic mass is 10.1. The van der Waals surface area contributed by atoms with Crippen molar-refractivity contribution in [3.8, 4) is 5.75 Å². The third-order valence-corrected chi connectivity index (χ3v) is 18.7. The van der Waals surface area contributed by atoms with Crippen molar-refractivity contribution >= 4 is 40.2 Å². The molecule has 2 aliphatic rings. The lowest BCUT2D eigenvalue weighted by Gasteiger charge is -2.51. The highest BCUT2D eigenvalue weighted by atomic mass is 28.5. The van der Waals surface area contributed by atoms with Crippen LogP contribution >= 0.6 is 0 Å². The SMILES string of the molecule is CC(C)[Si]1(C(C)C)OC[C@H]2O[C@@H](n3cnc4c(NC(=O)Oc5ccccc5)ncnc43)[C@H](O)[C@@H]2O[Si](C(C)C)(C(C)C)O1. The van der Waals surface area contributed by atoms with E-state index in [0.717, 1.165) is 0 Å². The maximum atomic E-state index is 12.6. The smallest absolute Gasteiger partial charge is 0.414 e. The lowest BCUT2D eigenvalue weighted by molar-refractivity contribution is -0.0570. The van der Waals surface area contributed by atoms with E-state index in [1.807, 2.05) is 6.07 Å². The summed E-state index contributed by atoms with van der Waals surface area (Å²) in [5, 5.41) is 14.4. The van der Waals surface area contributed by atoms with Crippen LogP contribution in [0.3, 0.4) is 0 Å². The molecule has 2 saturated heterocycles. The maximum Gasteiger partial charge on any atom is 0.418 e. The van der Waals surface area contributed by atoms with Crippen LogP contribution in [-0.4, -0.2) is 72.8 Å². The number of anilines is 1. The fourth-order valence-corrected chi connectivity index (χ4v) is 17.4. The van der Waals surface area contributed by atoms with E-state index in [1.54, 1.807) is 28.8 Å². The number of aromatic nitrogens is 4. The van der Waals surface area contributed by atoms with E-state index < -0.39 is 47.8 Å². The number of para-hydroxylation sites is 1. The Kier molecular flexibility index (Phi) is 9.10. The number of hydrogen-bond acceptors (Lipinski definition) is 10.